The van der Waals surface area contributed by atoms with Gasteiger partial charge < -0.3 is 14.4 Å². The number of hydrogen-bond acceptors (Lipinski definition) is 3. The quantitative estimate of drug-likeness (QED) is 0.706. The fourth-order valence-corrected chi connectivity index (χ4v) is 6.25. The molecule has 0 N–H and O–H groups in total. The number of likely N-dealkylation sites (tertiary alicyclic amines) is 1. The summed E-state index contributed by atoms with van der Waals surface area (Å²) in [5, 5.41) is 0. The van der Waals surface area contributed by atoms with E-state index in [-0.39, 0.29) is 5.41 Å². The van der Waals surface area contributed by atoms with Gasteiger partial charge in [0, 0.05) is 26.1 Å². The van der Waals surface area contributed by atoms with E-state index in [1.165, 1.54) is 38.5 Å². The monoisotopic (exact) mass is 321 g/mol. The Bertz CT molecular complexity index is 415. The van der Waals surface area contributed by atoms with Crippen molar-refractivity contribution in [3.63, 3.8) is 0 Å². The molecule has 1 saturated heterocycles. The number of ether oxygens (including phenoxy) is 2. The Kier molecular flexibility index (Phi) is 4.39. The molecule has 0 aromatic rings. The molecule has 5 fully saturated rings. The zero-order chi connectivity index (χ0) is 15.9. The molecule has 4 aliphatic carbocycles. The molecule has 5 rings (SSSR count). The summed E-state index contributed by atoms with van der Waals surface area (Å²) >= 11 is 0. The summed E-state index contributed by atoms with van der Waals surface area (Å²) in [6.45, 7) is 3.94. The van der Waals surface area contributed by atoms with Gasteiger partial charge in [-0.25, -0.2) is 0 Å². The first kappa shape index (κ1) is 15.9. The van der Waals surface area contributed by atoms with Crippen LogP contribution < -0.4 is 0 Å². The summed E-state index contributed by atoms with van der Waals surface area (Å²) in [5.41, 5.74) is 0.0283. The topological polar surface area (TPSA) is 38.8 Å². The number of hydrogen-bond donors (Lipinski definition) is 0. The van der Waals surface area contributed by atoms with Crippen molar-refractivity contribution in [3.8, 4) is 0 Å². The van der Waals surface area contributed by atoms with Crippen molar-refractivity contribution in [2.75, 3.05) is 40.0 Å². The van der Waals surface area contributed by atoms with E-state index in [1.807, 2.05) is 0 Å². The van der Waals surface area contributed by atoms with Crippen LogP contribution in [0.5, 0.6) is 0 Å². The predicted molar refractivity (Wildman–Crippen MR) is 88.0 cm³/mol. The maximum atomic E-state index is 13.3. The molecule has 1 aliphatic heterocycles. The average molecular weight is 321 g/mol. The Morgan fingerprint density at radius 2 is 1.74 bits per heavy atom. The van der Waals surface area contributed by atoms with Gasteiger partial charge in [-0.2, -0.15) is 0 Å². The highest BCUT2D eigenvalue weighted by Crippen LogP contribution is 2.60. The molecule has 4 bridgehead atoms. The molecule has 4 heteroatoms. The summed E-state index contributed by atoms with van der Waals surface area (Å²) in [6, 6.07) is 0. The fourth-order valence-electron chi connectivity index (χ4n) is 6.25. The van der Waals surface area contributed by atoms with Gasteiger partial charge in [0.15, 0.2) is 0 Å². The molecule has 23 heavy (non-hydrogen) atoms. The highest BCUT2D eigenvalue weighted by molar-refractivity contribution is 5.83. The van der Waals surface area contributed by atoms with Crippen molar-refractivity contribution in [1.82, 2.24) is 4.90 Å². The molecular weight excluding hydrogens is 290 g/mol. The summed E-state index contributed by atoms with van der Waals surface area (Å²) < 4.78 is 10.7. The Balaban J connectivity index is 1.33. The number of carbonyl (C=O) groups excluding carboxylic acids is 1. The van der Waals surface area contributed by atoms with Gasteiger partial charge in [0.05, 0.1) is 25.2 Å². The van der Waals surface area contributed by atoms with E-state index in [9.17, 15) is 4.79 Å². The van der Waals surface area contributed by atoms with E-state index in [0.29, 0.717) is 25.0 Å². The van der Waals surface area contributed by atoms with Crippen molar-refractivity contribution in [3.05, 3.63) is 0 Å². The van der Waals surface area contributed by atoms with Crippen LogP contribution in [0, 0.1) is 29.1 Å². The van der Waals surface area contributed by atoms with Crippen LogP contribution in [0.1, 0.15) is 44.9 Å². The first-order valence-corrected chi connectivity index (χ1v) is 9.54. The highest BCUT2D eigenvalue weighted by atomic mass is 16.5. The van der Waals surface area contributed by atoms with Gasteiger partial charge in [0.25, 0.3) is 0 Å². The van der Waals surface area contributed by atoms with Gasteiger partial charge in [0.2, 0.25) is 5.91 Å². The normalized spacial score (nSPS) is 41.7. The van der Waals surface area contributed by atoms with E-state index < -0.39 is 0 Å². The Morgan fingerprint density at radius 1 is 1.09 bits per heavy atom. The largest absolute Gasteiger partial charge is 0.382 e. The van der Waals surface area contributed by atoms with Crippen LogP contribution in [0.25, 0.3) is 0 Å². The minimum Gasteiger partial charge on any atom is -0.382 e. The molecule has 5 aliphatic rings. The lowest BCUT2D eigenvalue weighted by atomic mass is 9.49. The summed E-state index contributed by atoms with van der Waals surface area (Å²) in [7, 11) is 1.70. The number of carbonyl (C=O) groups is 1. The van der Waals surface area contributed by atoms with Gasteiger partial charge in [-0.1, -0.05) is 0 Å². The third kappa shape index (κ3) is 3.05. The Labute approximate surface area is 139 Å². The molecule has 1 heterocycles. The third-order valence-electron chi connectivity index (χ3n) is 6.85. The van der Waals surface area contributed by atoms with Crippen LogP contribution >= 0.6 is 0 Å². The van der Waals surface area contributed by atoms with E-state index in [0.717, 1.165) is 43.9 Å². The number of methoxy groups -OCH3 is 1. The summed E-state index contributed by atoms with van der Waals surface area (Å²) in [4.78, 5) is 15.5. The lowest BCUT2D eigenvalue weighted by Gasteiger charge is -2.56. The minimum atomic E-state index is 0.0283. The second-order valence-electron chi connectivity index (χ2n) is 8.67. The zero-order valence-electron chi connectivity index (χ0n) is 14.5. The fraction of sp³-hybridized carbons (Fsp3) is 0.947. The smallest absolute Gasteiger partial charge is 0.228 e. The van der Waals surface area contributed by atoms with Crippen LogP contribution in [0.3, 0.4) is 0 Å². The molecule has 1 atom stereocenters. The molecular formula is C19H31NO3. The molecule has 0 aromatic heterocycles. The maximum Gasteiger partial charge on any atom is 0.228 e. The number of amides is 1. The minimum absolute atomic E-state index is 0.0283. The maximum absolute atomic E-state index is 13.3. The second kappa shape index (κ2) is 6.36. The Hall–Kier alpha value is -0.610. The van der Waals surface area contributed by atoms with Crippen LogP contribution in [-0.4, -0.2) is 50.8 Å². The SMILES string of the molecule is COCCOC[C@@H]1CCN(C(=O)C23CC4CC(CC(C4)C2)C3)C1. The molecule has 1 amide bonds. The van der Waals surface area contributed by atoms with E-state index >= 15 is 0 Å². The van der Waals surface area contributed by atoms with E-state index in [2.05, 4.69) is 4.90 Å². The van der Waals surface area contributed by atoms with Crippen LogP contribution in [-0.2, 0) is 14.3 Å². The van der Waals surface area contributed by atoms with Crippen LogP contribution in [0.15, 0.2) is 0 Å². The molecule has 0 spiro atoms. The average Bonchev–Trinajstić information content (AvgIpc) is 2.98. The molecule has 130 valence electrons. The van der Waals surface area contributed by atoms with Gasteiger partial charge in [0.1, 0.15) is 0 Å². The molecule has 0 radical (unpaired) electrons. The van der Waals surface area contributed by atoms with Crippen molar-refractivity contribution in [1.29, 1.82) is 0 Å². The lowest BCUT2D eigenvalue weighted by molar-refractivity contribution is -0.156. The van der Waals surface area contributed by atoms with Crippen molar-refractivity contribution >= 4 is 5.91 Å². The Morgan fingerprint density at radius 3 is 2.35 bits per heavy atom. The van der Waals surface area contributed by atoms with Crippen LogP contribution in [0.4, 0.5) is 0 Å². The predicted octanol–water partition coefficient (Wildman–Crippen LogP) is 2.71. The van der Waals surface area contributed by atoms with Crippen molar-refractivity contribution in [2.24, 2.45) is 29.1 Å². The van der Waals surface area contributed by atoms with E-state index in [1.54, 1.807) is 7.11 Å². The molecule has 4 nitrogen and oxygen atoms in total. The van der Waals surface area contributed by atoms with Gasteiger partial charge in [-0.15, -0.1) is 0 Å². The first-order valence-electron chi connectivity index (χ1n) is 9.54. The summed E-state index contributed by atoms with van der Waals surface area (Å²) in [5.74, 6) is 3.56. The van der Waals surface area contributed by atoms with E-state index in [4.69, 9.17) is 9.47 Å². The molecule has 4 saturated carbocycles. The van der Waals surface area contributed by atoms with Crippen molar-refractivity contribution in [2.45, 2.75) is 44.9 Å². The van der Waals surface area contributed by atoms with Gasteiger partial charge in [-0.3, -0.25) is 4.79 Å². The van der Waals surface area contributed by atoms with Gasteiger partial charge >= 0.3 is 0 Å². The lowest BCUT2D eigenvalue weighted by Crippen LogP contribution is -2.54. The number of rotatable bonds is 6. The number of nitrogens with zero attached hydrogens (tertiary/aromatic N) is 1. The van der Waals surface area contributed by atoms with Crippen LogP contribution in [0.2, 0.25) is 0 Å². The highest BCUT2D eigenvalue weighted by Gasteiger charge is 2.55. The summed E-state index contributed by atoms with van der Waals surface area (Å²) in [6.07, 6.45) is 8.87. The third-order valence-corrected chi connectivity index (χ3v) is 6.85. The first-order chi connectivity index (χ1) is 11.2. The van der Waals surface area contributed by atoms with Crippen molar-refractivity contribution < 1.29 is 14.3 Å². The second-order valence-corrected chi connectivity index (χ2v) is 8.67. The zero-order valence-corrected chi connectivity index (χ0v) is 14.5. The standard InChI is InChI=1S/C19H31NO3/c1-22-4-5-23-13-14-2-3-20(12-14)18(21)19-9-15-6-16(10-19)8-17(7-15)11-19/h14-17H,2-13H2,1H3/t14-,15?,16?,17?,19?/m1/s1. The van der Waals surface area contributed by atoms with Gasteiger partial charge in [-0.05, 0) is 62.7 Å². The molecule has 0 aromatic carbocycles. The molecule has 0 unspecified atom stereocenters.